The third kappa shape index (κ3) is 4.61. The number of piperazine rings is 1. The van der Waals surface area contributed by atoms with Crippen LogP contribution >= 0.6 is 0 Å². The van der Waals surface area contributed by atoms with E-state index >= 15 is 0 Å². The number of nitrogens with zero attached hydrogens (tertiary/aromatic N) is 1. The van der Waals surface area contributed by atoms with Gasteiger partial charge in [-0.1, -0.05) is 39.3 Å². The van der Waals surface area contributed by atoms with Crippen LogP contribution in [0.2, 0.25) is 0 Å². The number of hydrogen-bond acceptors (Lipinski definition) is 2. The minimum atomic E-state index is 0.361. The molecular weight excluding hydrogens is 232 g/mol. The molecule has 1 aliphatic heterocycles. The smallest absolute Gasteiger partial charge is 0.0332 e. The molecule has 0 aromatic heterocycles. The van der Waals surface area contributed by atoms with Crippen LogP contribution < -0.4 is 5.32 Å². The Morgan fingerprint density at radius 2 is 1.95 bits per heavy atom. The van der Waals surface area contributed by atoms with Gasteiger partial charge in [-0.2, -0.15) is 0 Å². The monoisotopic (exact) mass is 266 g/mol. The summed E-state index contributed by atoms with van der Waals surface area (Å²) in [7, 11) is 0. The molecule has 1 N–H and O–H groups in total. The number of rotatable bonds is 6. The molecule has 1 saturated heterocycles. The van der Waals surface area contributed by atoms with Gasteiger partial charge in [-0.15, -0.1) is 0 Å². The predicted molar refractivity (Wildman–Crippen MR) is 85.6 cm³/mol. The maximum Gasteiger partial charge on any atom is 0.0332 e. The summed E-state index contributed by atoms with van der Waals surface area (Å²) in [6, 6.07) is 0.664. The average Bonchev–Trinajstić information content (AvgIpc) is 2.36. The lowest BCUT2D eigenvalue weighted by Crippen LogP contribution is -2.64. The highest BCUT2D eigenvalue weighted by molar-refractivity contribution is 5.03. The normalized spacial score (nSPS) is 23.6. The summed E-state index contributed by atoms with van der Waals surface area (Å²) < 4.78 is 0. The molecule has 0 amide bonds. The van der Waals surface area contributed by atoms with E-state index in [9.17, 15) is 0 Å². The minimum Gasteiger partial charge on any atom is -0.311 e. The number of nitrogens with one attached hydrogen (secondary N) is 1. The van der Waals surface area contributed by atoms with Crippen molar-refractivity contribution in [3.05, 3.63) is 11.6 Å². The van der Waals surface area contributed by atoms with E-state index in [1.165, 1.54) is 31.4 Å². The molecule has 1 heterocycles. The van der Waals surface area contributed by atoms with Crippen molar-refractivity contribution < 1.29 is 0 Å². The van der Waals surface area contributed by atoms with E-state index in [1.54, 1.807) is 0 Å². The van der Waals surface area contributed by atoms with E-state index in [2.05, 4.69) is 57.8 Å². The summed E-state index contributed by atoms with van der Waals surface area (Å²) in [5, 5.41) is 3.80. The highest BCUT2D eigenvalue weighted by Crippen LogP contribution is 2.28. The van der Waals surface area contributed by atoms with Gasteiger partial charge in [-0.25, -0.2) is 0 Å². The van der Waals surface area contributed by atoms with Crippen molar-refractivity contribution in [2.45, 2.75) is 72.4 Å². The van der Waals surface area contributed by atoms with Crippen LogP contribution in [0.4, 0.5) is 0 Å². The van der Waals surface area contributed by atoms with Gasteiger partial charge in [0.15, 0.2) is 0 Å². The minimum absolute atomic E-state index is 0.361. The highest BCUT2D eigenvalue weighted by Gasteiger charge is 2.38. The van der Waals surface area contributed by atoms with E-state index < -0.39 is 0 Å². The first-order valence-electron chi connectivity index (χ1n) is 8.05. The summed E-state index contributed by atoms with van der Waals surface area (Å²) in [6.07, 6.45) is 6.15. The lowest BCUT2D eigenvalue weighted by Gasteiger charge is -2.50. The van der Waals surface area contributed by atoms with Gasteiger partial charge in [-0.05, 0) is 39.0 Å². The van der Waals surface area contributed by atoms with Crippen LogP contribution in [-0.2, 0) is 0 Å². The fourth-order valence-electron chi connectivity index (χ4n) is 3.21. The summed E-state index contributed by atoms with van der Waals surface area (Å²) in [4.78, 5) is 2.73. The van der Waals surface area contributed by atoms with Crippen molar-refractivity contribution in [2.24, 2.45) is 5.92 Å². The zero-order chi connectivity index (χ0) is 14.5. The molecule has 0 aromatic rings. The van der Waals surface area contributed by atoms with Crippen molar-refractivity contribution in [1.29, 1.82) is 0 Å². The zero-order valence-corrected chi connectivity index (χ0v) is 13.9. The fourth-order valence-corrected chi connectivity index (χ4v) is 3.21. The van der Waals surface area contributed by atoms with Crippen molar-refractivity contribution in [3.63, 3.8) is 0 Å². The quantitative estimate of drug-likeness (QED) is 0.735. The summed E-state index contributed by atoms with van der Waals surface area (Å²) in [5.74, 6) is 0.776. The Morgan fingerprint density at radius 1 is 1.32 bits per heavy atom. The molecule has 19 heavy (non-hydrogen) atoms. The molecule has 1 fully saturated rings. The van der Waals surface area contributed by atoms with Crippen molar-refractivity contribution in [1.82, 2.24) is 10.2 Å². The largest absolute Gasteiger partial charge is 0.311 e. The second kappa shape index (κ2) is 7.44. The molecule has 1 atom stereocenters. The maximum absolute atomic E-state index is 3.80. The molecule has 2 heteroatoms. The molecule has 0 bridgehead atoms. The van der Waals surface area contributed by atoms with Gasteiger partial charge in [-0.3, -0.25) is 4.90 Å². The van der Waals surface area contributed by atoms with E-state index in [4.69, 9.17) is 0 Å². The third-order valence-corrected chi connectivity index (χ3v) is 4.62. The van der Waals surface area contributed by atoms with Gasteiger partial charge >= 0.3 is 0 Å². The first kappa shape index (κ1) is 16.7. The second-order valence-corrected chi connectivity index (χ2v) is 6.83. The molecular formula is C17H34N2. The first-order valence-corrected chi connectivity index (χ1v) is 8.05. The number of hydrogen-bond donors (Lipinski definition) is 1. The highest BCUT2D eigenvalue weighted by atomic mass is 15.3. The van der Waals surface area contributed by atoms with E-state index in [-0.39, 0.29) is 0 Å². The van der Waals surface area contributed by atoms with Crippen LogP contribution in [0.15, 0.2) is 11.6 Å². The molecule has 2 nitrogen and oxygen atoms in total. The molecule has 1 aliphatic rings. The van der Waals surface area contributed by atoms with E-state index in [0.29, 0.717) is 11.6 Å². The molecule has 0 radical (unpaired) electrons. The van der Waals surface area contributed by atoms with Crippen LogP contribution in [0, 0.1) is 5.92 Å². The molecule has 0 aliphatic carbocycles. The van der Waals surface area contributed by atoms with Gasteiger partial charge in [0.25, 0.3) is 0 Å². The van der Waals surface area contributed by atoms with E-state index in [0.717, 1.165) is 19.0 Å². The fraction of sp³-hybridized carbons (Fsp3) is 0.882. The van der Waals surface area contributed by atoms with Gasteiger partial charge < -0.3 is 5.32 Å². The Hall–Kier alpha value is -0.340. The van der Waals surface area contributed by atoms with Crippen LogP contribution in [0.1, 0.15) is 60.8 Å². The summed E-state index contributed by atoms with van der Waals surface area (Å²) >= 11 is 0. The van der Waals surface area contributed by atoms with Gasteiger partial charge in [0.2, 0.25) is 0 Å². The van der Waals surface area contributed by atoms with Gasteiger partial charge in [0.05, 0.1) is 0 Å². The summed E-state index contributed by atoms with van der Waals surface area (Å²) in [6.45, 7) is 17.2. The lowest BCUT2D eigenvalue weighted by molar-refractivity contribution is 0.0378. The first-order chi connectivity index (χ1) is 8.93. The average molecular weight is 266 g/mol. The Bertz CT molecular complexity index is 286. The van der Waals surface area contributed by atoms with Crippen molar-refractivity contribution in [2.75, 3.05) is 19.6 Å². The van der Waals surface area contributed by atoms with E-state index in [1.807, 2.05) is 0 Å². The third-order valence-electron chi connectivity index (χ3n) is 4.62. The van der Waals surface area contributed by atoms with Gasteiger partial charge in [0, 0.05) is 31.2 Å². The molecule has 0 spiro atoms. The Labute approximate surface area is 120 Å². The standard InChI is InChI=1S/C17H34N2/c1-7-17(8-2)13-18-16(11-15(5)6)12-19(17)10-9-14(3)4/h9,15-16,18H,7-8,10-13H2,1-6H3. The lowest BCUT2D eigenvalue weighted by atomic mass is 9.86. The second-order valence-electron chi connectivity index (χ2n) is 6.83. The molecule has 0 aromatic carbocycles. The Morgan fingerprint density at radius 3 is 2.42 bits per heavy atom. The van der Waals surface area contributed by atoms with Crippen molar-refractivity contribution in [3.8, 4) is 0 Å². The SMILES string of the molecule is CCC1(CC)CNC(CC(C)C)CN1CC=C(C)C. The van der Waals surface area contributed by atoms with Crippen LogP contribution in [0.5, 0.6) is 0 Å². The van der Waals surface area contributed by atoms with Crippen LogP contribution in [0.3, 0.4) is 0 Å². The molecule has 112 valence electrons. The Kier molecular flexibility index (Phi) is 6.55. The van der Waals surface area contributed by atoms with Gasteiger partial charge in [0.1, 0.15) is 0 Å². The van der Waals surface area contributed by atoms with Crippen LogP contribution in [-0.4, -0.2) is 36.1 Å². The zero-order valence-electron chi connectivity index (χ0n) is 13.9. The molecule has 1 unspecified atom stereocenters. The molecule has 0 saturated carbocycles. The van der Waals surface area contributed by atoms with Crippen molar-refractivity contribution >= 4 is 0 Å². The van der Waals surface area contributed by atoms with Crippen LogP contribution in [0.25, 0.3) is 0 Å². The number of allylic oxidation sites excluding steroid dienone is 1. The Balaban J connectivity index is 2.76. The summed E-state index contributed by atoms with van der Waals surface area (Å²) in [5.41, 5.74) is 1.79. The predicted octanol–water partition coefficient (Wildman–Crippen LogP) is 3.83. The molecule has 1 rings (SSSR count). The topological polar surface area (TPSA) is 15.3 Å². The maximum atomic E-state index is 3.80.